The van der Waals surface area contributed by atoms with Crippen molar-refractivity contribution in [1.82, 2.24) is 10.3 Å². The fourth-order valence-electron chi connectivity index (χ4n) is 0.875. The van der Waals surface area contributed by atoms with E-state index in [1.807, 2.05) is 12.1 Å². The zero-order valence-corrected chi connectivity index (χ0v) is 7.92. The summed E-state index contributed by atoms with van der Waals surface area (Å²) in [4.78, 5) is 14.9. The monoisotopic (exact) mass is 198 g/mol. The molecule has 0 saturated carbocycles. The van der Waals surface area contributed by atoms with Crippen LogP contribution in [-0.4, -0.2) is 16.8 Å². The molecule has 1 rings (SSSR count). The lowest BCUT2D eigenvalue weighted by atomic mass is 10.2. The molecule has 1 N–H and O–H groups in total. The van der Waals surface area contributed by atoms with Crippen LogP contribution in [0.4, 0.5) is 0 Å². The Bertz CT molecular complexity index is 264. The van der Waals surface area contributed by atoms with Gasteiger partial charge in [-0.1, -0.05) is 0 Å². The van der Waals surface area contributed by atoms with Gasteiger partial charge in [0.2, 0.25) is 5.91 Å². The largest absolute Gasteiger partial charge is 0.352 e. The molecule has 0 aromatic carbocycles. The van der Waals surface area contributed by atoms with E-state index < -0.39 is 0 Å². The Morgan fingerprint density at radius 2 is 2.15 bits per heavy atom. The minimum Gasteiger partial charge on any atom is -0.352 e. The lowest BCUT2D eigenvalue weighted by Gasteiger charge is -2.02. The zero-order valence-electron chi connectivity index (χ0n) is 7.16. The number of hydrogen-bond donors (Lipinski definition) is 1. The van der Waals surface area contributed by atoms with Gasteiger partial charge in [-0.05, 0) is 17.7 Å². The summed E-state index contributed by atoms with van der Waals surface area (Å²) in [6.07, 6.45) is 3.76. The Labute approximate surface area is 82.1 Å². The molecule has 0 radical (unpaired) electrons. The molecule has 3 nitrogen and oxygen atoms in total. The van der Waals surface area contributed by atoms with E-state index in [-0.39, 0.29) is 5.91 Å². The predicted molar refractivity (Wildman–Crippen MR) is 51.4 cm³/mol. The van der Waals surface area contributed by atoms with Crippen LogP contribution in [0, 0.1) is 0 Å². The number of halogens is 1. The van der Waals surface area contributed by atoms with Crippen molar-refractivity contribution in [1.29, 1.82) is 0 Å². The summed E-state index contributed by atoms with van der Waals surface area (Å²) < 4.78 is 0. The van der Waals surface area contributed by atoms with Crippen molar-refractivity contribution in [2.45, 2.75) is 13.0 Å². The molecule has 0 aliphatic heterocycles. The predicted octanol–water partition coefficient (Wildman–Crippen LogP) is 1.33. The summed E-state index contributed by atoms with van der Waals surface area (Å²) >= 11 is 5.41. The van der Waals surface area contributed by atoms with Crippen molar-refractivity contribution in [3.63, 3.8) is 0 Å². The van der Waals surface area contributed by atoms with Crippen LogP contribution in [-0.2, 0) is 11.3 Å². The van der Waals surface area contributed by atoms with Gasteiger partial charge in [-0.3, -0.25) is 9.78 Å². The molecule has 0 fully saturated rings. The van der Waals surface area contributed by atoms with Crippen LogP contribution < -0.4 is 5.32 Å². The van der Waals surface area contributed by atoms with Crippen molar-refractivity contribution >= 4 is 17.5 Å². The van der Waals surface area contributed by atoms with Gasteiger partial charge in [0, 0.05) is 31.2 Å². The molecule has 0 aliphatic carbocycles. The first-order valence-corrected chi connectivity index (χ1v) is 4.58. The maximum Gasteiger partial charge on any atom is 0.221 e. The summed E-state index contributed by atoms with van der Waals surface area (Å²) in [5.74, 6) is 0.342. The minimum atomic E-state index is -0.0215. The minimum absolute atomic E-state index is 0.0215. The summed E-state index contributed by atoms with van der Waals surface area (Å²) in [6, 6.07) is 3.72. The Morgan fingerprint density at radius 3 is 2.77 bits per heavy atom. The molecule has 1 aromatic heterocycles. The molecule has 0 unspecified atom stereocenters. The van der Waals surface area contributed by atoms with Gasteiger partial charge in [0.25, 0.3) is 0 Å². The molecule has 0 aliphatic rings. The SMILES string of the molecule is O=C(CCCl)NCc1ccncc1. The fourth-order valence-corrected chi connectivity index (χ4v) is 1.05. The Hall–Kier alpha value is -1.09. The highest BCUT2D eigenvalue weighted by atomic mass is 35.5. The van der Waals surface area contributed by atoms with Crippen LogP contribution >= 0.6 is 11.6 Å². The molecule has 0 bridgehead atoms. The maximum absolute atomic E-state index is 11.0. The Kier molecular flexibility index (Phi) is 4.26. The number of rotatable bonds is 4. The second-order valence-electron chi connectivity index (χ2n) is 2.57. The van der Waals surface area contributed by atoms with Gasteiger partial charge in [-0.25, -0.2) is 0 Å². The number of hydrogen-bond acceptors (Lipinski definition) is 2. The number of carbonyl (C=O) groups excluding carboxylic acids is 1. The second kappa shape index (κ2) is 5.54. The third kappa shape index (κ3) is 3.90. The van der Waals surface area contributed by atoms with Crippen molar-refractivity contribution < 1.29 is 4.79 Å². The number of alkyl halides is 1. The fraction of sp³-hybridized carbons (Fsp3) is 0.333. The molecule has 0 spiro atoms. The highest BCUT2D eigenvalue weighted by Crippen LogP contribution is 1.95. The number of pyridine rings is 1. The lowest BCUT2D eigenvalue weighted by molar-refractivity contribution is -0.120. The molecule has 0 atom stereocenters. The van der Waals surface area contributed by atoms with Crippen LogP contribution in [0.5, 0.6) is 0 Å². The molecule has 1 aromatic rings. The summed E-state index contributed by atoms with van der Waals surface area (Å²) in [6.45, 7) is 0.540. The van der Waals surface area contributed by atoms with E-state index in [0.717, 1.165) is 5.56 Å². The third-order valence-electron chi connectivity index (χ3n) is 1.56. The van der Waals surface area contributed by atoms with Crippen molar-refractivity contribution in [3.8, 4) is 0 Å². The standard InChI is InChI=1S/C9H11ClN2O/c10-4-1-9(13)12-7-8-2-5-11-6-3-8/h2-3,5-6H,1,4,7H2,(H,12,13). The lowest BCUT2D eigenvalue weighted by Crippen LogP contribution is -2.22. The molecule has 13 heavy (non-hydrogen) atoms. The quantitative estimate of drug-likeness (QED) is 0.742. The molecular weight excluding hydrogens is 188 g/mol. The molecule has 4 heteroatoms. The van der Waals surface area contributed by atoms with Crippen LogP contribution in [0.1, 0.15) is 12.0 Å². The van der Waals surface area contributed by atoms with Crippen molar-refractivity contribution in [3.05, 3.63) is 30.1 Å². The smallest absolute Gasteiger partial charge is 0.221 e. The maximum atomic E-state index is 11.0. The average molecular weight is 199 g/mol. The molecular formula is C9H11ClN2O. The van der Waals surface area contributed by atoms with Crippen LogP contribution in [0.25, 0.3) is 0 Å². The van der Waals surface area contributed by atoms with Gasteiger partial charge in [0.15, 0.2) is 0 Å². The van der Waals surface area contributed by atoms with E-state index in [1.54, 1.807) is 12.4 Å². The first-order valence-electron chi connectivity index (χ1n) is 4.04. The van der Waals surface area contributed by atoms with Crippen molar-refractivity contribution in [2.24, 2.45) is 0 Å². The highest BCUT2D eigenvalue weighted by Gasteiger charge is 1.98. The number of nitrogens with zero attached hydrogens (tertiary/aromatic N) is 1. The first-order chi connectivity index (χ1) is 6.33. The Morgan fingerprint density at radius 1 is 1.46 bits per heavy atom. The molecule has 1 amide bonds. The topological polar surface area (TPSA) is 42.0 Å². The van der Waals surface area contributed by atoms with E-state index in [0.29, 0.717) is 18.8 Å². The van der Waals surface area contributed by atoms with E-state index in [9.17, 15) is 4.79 Å². The third-order valence-corrected chi connectivity index (χ3v) is 1.75. The van der Waals surface area contributed by atoms with Gasteiger partial charge >= 0.3 is 0 Å². The average Bonchev–Trinajstić information content (AvgIpc) is 2.17. The van der Waals surface area contributed by atoms with E-state index >= 15 is 0 Å². The summed E-state index contributed by atoms with van der Waals surface area (Å²) in [7, 11) is 0. The zero-order chi connectivity index (χ0) is 9.52. The normalized spacial score (nSPS) is 9.62. The van der Waals surface area contributed by atoms with Gasteiger partial charge in [0.05, 0.1) is 0 Å². The Balaban J connectivity index is 2.31. The molecule has 0 saturated heterocycles. The first kappa shape index (κ1) is 9.99. The van der Waals surface area contributed by atoms with E-state index in [1.165, 1.54) is 0 Å². The number of amides is 1. The van der Waals surface area contributed by atoms with E-state index in [2.05, 4.69) is 10.3 Å². The number of nitrogens with one attached hydrogen (secondary N) is 1. The van der Waals surface area contributed by atoms with Gasteiger partial charge < -0.3 is 5.32 Å². The van der Waals surface area contributed by atoms with Gasteiger partial charge in [-0.2, -0.15) is 0 Å². The summed E-state index contributed by atoms with van der Waals surface area (Å²) in [5, 5.41) is 2.75. The van der Waals surface area contributed by atoms with Gasteiger partial charge in [0.1, 0.15) is 0 Å². The number of aromatic nitrogens is 1. The van der Waals surface area contributed by atoms with Crippen LogP contribution in [0.2, 0.25) is 0 Å². The second-order valence-corrected chi connectivity index (χ2v) is 2.95. The number of carbonyl (C=O) groups is 1. The molecule has 1 heterocycles. The van der Waals surface area contributed by atoms with Crippen LogP contribution in [0.15, 0.2) is 24.5 Å². The van der Waals surface area contributed by atoms with Crippen LogP contribution in [0.3, 0.4) is 0 Å². The van der Waals surface area contributed by atoms with Crippen molar-refractivity contribution in [2.75, 3.05) is 5.88 Å². The van der Waals surface area contributed by atoms with Gasteiger partial charge in [-0.15, -0.1) is 11.6 Å². The summed E-state index contributed by atoms with van der Waals surface area (Å²) in [5.41, 5.74) is 1.04. The molecule has 70 valence electrons. The van der Waals surface area contributed by atoms with E-state index in [4.69, 9.17) is 11.6 Å². The highest BCUT2D eigenvalue weighted by molar-refractivity contribution is 6.18.